The second-order valence-corrected chi connectivity index (χ2v) is 5.00. The third-order valence-corrected chi connectivity index (χ3v) is 3.21. The monoisotopic (exact) mass is 261 g/mol. The van der Waals surface area contributed by atoms with Crippen LogP contribution in [0.25, 0.3) is 0 Å². The first-order chi connectivity index (χ1) is 8.75. The Kier molecular flexibility index (Phi) is 4.15. The van der Waals surface area contributed by atoms with Gasteiger partial charge in [-0.15, -0.1) is 0 Å². The van der Waals surface area contributed by atoms with Crippen molar-refractivity contribution in [1.82, 2.24) is 4.98 Å². The molecular formula is C14H19N3O2. The average molecular weight is 261 g/mol. The normalized spacial score (nSPS) is 10.9. The highest BCUT2D eigenvalue weighted by atomic mass is 16.4. The molecule has 1 aromatic heterocycles. The Morgan fingerprint density at radius 3 is 2.53 bits per heavy atom. The first-order valence-corrected chi connectivity index (χ1v) is 6.15. The van der Waals surface area contributed by atoms with Crippen LogP contribution in [0.4, 0.5) is 5.82 Å². The Morgan fingerprint density at radius 1 is 1.53 bits per heavy atom. The number of carbonyl (C=O) groups is 1. The maximum absolute atomic E-state index is 11.4. The van der Waals surface area contributed by atoms with E-state index in [4.69, 9.17) is 0 Å². The highest BCUT2D eigenvalue weighted by Gasteiger charge is 2.36. The van der Waals surface area contributed by atoms with Gasteiger partial charge in [0.25, 0.3) is 0 Å². The molecular weight excluding hydrogens is 242 g/mol. The number of carboxylic acids is 1. The fourth-order valence-electron chi connectivity index (χ4n) is 2.08. The number of rotatable bonds is 4. The van der Waals surface area contributed by atoms with Gasteiger partial charge in [-0.2, -0.15) is 5.26 Å². The number of nitrogens with zero attached hydrogens (tertiary/aromatic N) is 3. The minimum absolute atomic E-state index is 0.432. The van der Waals surface area contributed by atoms with E-state index in [9.17, 15) is 15.2 Å². The van der Waals surface area contributed by atoms with Gasteiger partial charge in [-0.25, -0.2) is 9.78 Å². The van der Waals surface area contributed by atoms with Crippen molar-refractivity contribution in [1.29, 1.82) is 5.26 Å². The smallest absolute Gasteiger partial charge is 0.328 e. The van der Waals surface area contributed by atoms with Crippen LogP contribution >= 0.6 is 0 Å². The molecule has 0 fully saturated rings. The van der Waals surface area contributed by atoms with Crippen molar-refractivity contribution in [3.63, 3.8) is 0 Å². The number of aryl methyl sites for hydroxylation is 2. The lowest BCUT2D eigenvalue weighted by molar-refractivity contribution is -0.142. The number of pyridine rings is 1. The number of hydrogen-bond acceptors (Lipinski definition) is 4. The molecule has 1 aromatic rings. The molecule has 1 rings (SSSR count). The fraction of sp³-hybridized carbons (Fsp3) is 0.500. The van der Waals surface area contributed by atoms with Crippen LogP contribution in [0, 0.1) is 25.2 Å². The zero-order valence-electron chi connectivity index (χ0n) is 12.0. The zero-order valence-corrected chi connectivity index (χ0v) is 12.0. The summed E-state index contributed by atoms with van der Waals surface area (Å²) >= 11 is 0. The summed E-state index contributed by atoms with van der Waals surface area (Å²) < 4.78 is 0. The van der Waals surface area contributed by atoms with Gasteiger partial charge in [0, 0.05) is 12.2 Å². The number of aromatic nitrogens is 1. The van der Waals surface area contributed by atoms with E-state index in [0.717, 1.165) is 11.3 Å². The van der Waals surface area contributed by atoms with E-state index >= 15 is 0 Å². The van der Waals surface area contributed by atoms with Gasteiger partial charge in [0.15, 0.2) is 0 Å². The molecule has 0 radical (unpaired) electrons. The molecule has 0 aromatic carbocycles. The van der Waals surface area contributed by atoms with Crippen LogP contribution in [-0.4, -0.2) is 28.1 Å². The quantitative estimate of drug-likeness (QED) is 0.899. The Bertz CT molecular complexity index is 544. The first kappa shape index (κ1) is 15.0. The Morgan fingerprint density at radius 2 is 2.11 bits per heavy atom. The highest BCUT2D eigenvalue weighted by molar-refractivity contribution is 5.83. The van der Waals surface area contributed by atoms with Crippen molar-refractivity contribution in [2.24, 2.45) is 0 Å². The summed E-state index contributed by atoms with van der Waals surface area (Å²) in [5.74, 6) is -0.505. The fourth-order valence-corrected chi connectivity index (χ4v) is 2.08. The SMILES string of the molecule is CCN(c1nc(C)cc(C)c1C#N)C(C)(C)C(=O)O. The van der Waals surface area contributed by atoms with Gasteiger partial charge < -0.3 is 10.0 Å². The van der Waals surface area contributed by atoms with Crippen molar-refractivity contribution >= 4 is 11.8 Å². The van der Waals surface area contributed by atoms with Crippen LogP contribution in [0.15, 0.2) is 6.07 Å². The second kappa shape index (κ2) is 5.27. The van der Waals surface area contributed by atoms with Crippen LogP contribution in [0.1, 0.15) is 37.6 Å². The topological polar surface area (TPSA) is 77.2 Å². The van der Waals surface area contributed by atoms with Crippen LogP contribution in [-0.2, 0) is 4.79 Å². The second-order valence-electron chi connectivity index (χ2n) is 5.00. The number of anilines is 1. The Balaban J connectivity index is 3.51. The van der Waals surface area contributed by atoms with Crippen molar-refractivity contribution in [3.05, 3.63) is 22.9 Å². The summed E-state index contributed by atoms with van der Waals surface area (Å²) in [6, 6.07) is 3.94. The van der Waals surface area contributed by atoms with Gasteiger partial charge in [-0.1, -0.05) is 0 Å². The third-order valence-electron chi connectivity index (χ3n) is 3.21. The summed E-state index contributed by atoms with van der Waals surface area (Å²) in [6.45, 7) is 9.20. The van der Waals surface area contributed by atoms with Crippen molar-refractivity contribution in [2.45, 2.75) is 40.2 Å². The molecule has 0 aliphatic heterocycles. The summed E-state index contributed by atoms with van der Waals surface area (Å²) in [5, 5.41) is 18.6. The summed E-state index contributed by atoms with van der Waals surface area (Å²) in [6.07, 6.45) is 0. The lowest BCUT2D eigenvalue weighted by Crippen LogP contribution is -2.51. The van der Waals surface area contributed by atoms with E-state index in [1.165, 1.54) is 0 Å². The third kappa shape index (κ3) is 2.68. The maximum atomic E-state index is 11.4. The minimum Gasteiger partial charge on any atom is -0.480 e. The van der Waals surface area contributed by atoms with Gasteiger partial charge in [0.2, 0.25) is 0 Å². The molecule has 0 aliphatic carbocycles. The molecule has 0 amide bonds. The predicted molar refractivity (Wildman–Crippen MR) is 73.2 cm³/mol. The number of nitriles is 1. The molecule has 0 bridgehead atoms. The van der Waals surface area contributed by atoms with E-state index in [2.05, 4.69) is 11.1 Å². The van der Waals surface area contributed by atoms with Gasteiger partial charge in [0.05, 0.1) is 5.56 Å². The Hall–Kier alpha value is -2.09. The van der Waals surface area contributed by atoms with Gasteiger partial charge in [-0.3, -0.25) is 0 Å². The molecule has 5 heteroatoms. The summed E-state index contributed by atoms with van der Waals surface area (Å²) in [4.78, 5) is 17.4. The zero-order chi connectivity index (χ0) is 14.8. The molecule has 0 aliphatic rings. The van der Waals surface area contributed by atoms with Crippen LogP contribution in [0.2, 0.25) is 0 Å². The lowest BCUT2D eigenvalue weighted by atomic mass is 10.0. The number of likely N-dealkylation sites (N-methyl/N-ethyl adjacent to an activating group) is 1. The van der Waals surface area contributed by atoms with Crippen LogP contribution in [0.5, 0.6) is 0 Å². The molecule has 0 atom stereocenters. The molecule has 102 valence electrons. The number of hydrogen-bond donors (Lipinski definition) is 1. The standard InChI is InChI=1S/C14H19N3O2/c1-6-17(14(4,5)13(18)19)12-11(8-15)9(2)7-10(3)16-12/h7H,6H2,1-5H3,(H,18,19). The molecule has 0 saturated heterocycles. The molecule has 19 heavy (non-hydrogen) atoms. The Labute approximate surface area is 113 Å². The van der Waals surface area contributed by atoms with Gasteiger partial charge >= 0.3 is 5.97 Å². The molecule has 0 saturated carbocycles. The van der Waals surface area contributed by atoms with E-state index < -0.39 is 11.5 Å². The summed E-state index contributed by atoms with van der Waals surface area (Å²) in [5.41, 5.74) is 0.894. The largest absolute Gasteiger partial charge is 0.480 e. The maximum Gasteiger partial charge on any atom is 0.328 e. The highest BCUT2D eigenvalue weighted by Crippen LogP contribution is 2.28. The van der Waals surface area contributed by atoms with Crippen LogP contribution < -0.4 is 4.90 Å². The average Bonchev–Trinajstić information content (AvgIpc) is 2.28. The molecule has 0 spiro atoms. The molecule has 0 unspecified atom stereocenters. The first-order valence-electron chi connectivity index (χ1n) is 6.15. The van der Waals surface area contributed by atoms with Crippen molar-refractivity contribution in [3.8, 4) is 6.07 Å². The molecule has 1 N–H and O–H groups in total. The van der Waals surface area contributed by atoms with E-state index in [1.54, 1.807) is 18.7 Å². The van der Waals surface area contributed by atoms with Crippen molar-refractivity contribution in [2.75, 3.05) is 11.4 Å². The van der Waals surface area contributed by atoms with Gasteiger partial charge in [0.1, 0.15) is 17.4 Å². The predicted octanol–water partition coefficient (Wildman–Crippen LogP) is 2.26. The molecule has 1 heterocycles. The van der Waals surface area contributed by atoms with Crippen molar-refractivity contribution < 1.29 is 9.90 Å². The molecule has 5 nitrogen and oxygen atoms in total. The van der Waals surface area contributed by atoms with Crippen LogP contribution in [0.3, 0.4) is 0 Å². The van der Waals surface area contributed by atoms with E-state index in [1.807, 2.05) is 26.8 Å². The number of aliphatic carboxylic acids is 1. The lowest BCUT2D eigenvalue weighted by Gasteiger charge is -2.36. The minimum atomic E-state index is -1.12. The van der Waals surface area contributed by atoms with E-state index in [0.29, 0.717) is 17.9 Å². The summed E-state index contributed by atoms with van der Waals surface area (Å²) in [7, 11) is 0. The van der Waals surface area contributed by atoms with Gasteiger partial charge in [-0.05, 0) is 46.2 Å². The van der Waals surface area contributed by atoms with E-state index in [-0.39, 0.29) is 0 Å². The number of carboxylic acid groups (broad SMARTS) is 1.